The second-order valence-electron chi connectivity index (χ2n) is 7.90. The molecule has 168 valence electrons. The third kappa shape index (κ3) is 4.00. The van der Waals surface area contributed by atoms with Gasteiger partial charge in [-0.2, -0.15) is 13.2 Å². The van der Waals surface area contributed by atoms with E-state index in [1.807, 2.05) is 24.3 Å². The average molecular weight is 446 g/mol. The Morgan fingerprint density at radius 3 is 2.59 bits per heavy atom. The fourth-order valence-electron chi connectivity index (χ4n) is 4.12. The predicted octanol–water partition coefficient (Wildman–Crippen LogP) is 3.49. The van der Waals surface area contributed by atoms with Crippen LogP contribution < -0.4 is 5.32 Å². The van der Waals surface area contributed by atoms with Gasteiger partial charge in [0.2, 0.25) is 0 Å². The summed E-state index contributed by atoms with van der Waals surface area (Å²) < 4.78 is 39.5. The lowest BCUT2D eigenvalue weighted by Crippen LogP contribution is -2.36. The molecule has 0 unspecified atom stereocenters. The smallest absolute Gasteiger partial charge is 0.361 e. The first-order valence-electron chi connectivity index (χ1n) is 9.98. The minimum absolute atomic E-state index is 0.0624. The van der Waals surface area contributed by atoms with Gasteiger partial charge in [-0.1, -0.05) is 18.2 Å². The van der Waals surface area contributed by atoms with E-state index >= 15 is 0 Å². The molecule has 1 aromatic carbocycles. The number of rotatable bonds is 6. The molecule has 4 rings (SSSR count). The number of aromatic nitrogens is 2. The van der Waals surface area contributed by atoms with E-state index in [4.69, 9.17) is 0 Å². The van der Waals surface area contributed by atoms with Gasteiger partial charge in [0.25, 0.3) is 5.91 Å². The van der Waals surface area contributed by atoms with E-state index in [2.05, 4.69) is 10.3 Å². The van der Waals surface area contributed by atoms with Crippen molar-refractivity contribution in [1.82, 2.24) is 19.8 Å². The molecule has 0 spiro atoms. The summed E-state index contributed by atoms with van der Waals surface area (Å²) >= 11 is 0. The van der Waals surface area contributed by atoms with Gasteiger partial charge in [0.15, 0.2) is 5.78 Å². The van der Waals surface area contributed by atoms with Crippen molar-refractivity contribution >= 4 is 28.6 Å². The normalized spacial score (nSPS) is 16.8. The van der Waals surface area contributed by atoms with Crippen LogP contribution in [-0.4, -0.2) is 50.9 Å². The Balaban J connectivity index is 1.49. The van der Waals surface area contributed by atoms with Crippen LogP contribution in [0.1, 0.15) is 27.3 Å². The Bertz CT molecular complexity index is 1220. The second kappa shape index (κ2) is 7.85. The fraction of sp³-hybridized carbons (Fsp3) is 0.318. The van der Waals surface area contributed by atoms with Crippen molar-refractivity contribution in [3.05, 3.63) is 59.0 Å². The van der Waals surface area contributed by atoms with Crippen molar-refractivity contribution in [2.75, 3.05) is 6.54 Å². The summed E-state index contributed by atoms with van der Waals surface area (Å²) in [6, 6.07) is 7.38. The van der Waals surface area contributed by atoms with Crippen LogP contribution in [0.15, 0.2) is 36.5 Å². The highest BCUT2D eigenvalue weighted by atomic mass is 19.4. The van der Waals surface area contributed by atoms with E-state index < -0.39 is 43.0 Å². The van der Waals surface area contributed by atoms with Crippen molar-refractivity contribution in [2.24, 2.45) is 0 Å². The number of ketones is 1. The molecule has 0 aliphatic carbocycles. The van der Waals surface area contributed by atoms with Gasteiger partial charge in [0.1, 0.15) is 12.6 Å². The zero-order valence-corrected chi connectivity index (χ0v) is 17.4. The summed E-state index contributed by atoms with van der Waals surface area (Å²) in [6.45, 7) is 1.14. The Labute approximate surface area is 181 Å². The number of hydrogen-bond donors (Lipinski definition) is 2. The highest BCUT2D eigenvalue weighted by Gasteiger charge is 2.40. The Hall–Kier alpha value is -3.56. The summed E-state index contributed by atoms with van der Waals surface area (Å²) in [7, 11) is 0. The molecule has 2 aromatic heterocycles. The highest BCUT2D eigenvalue weighted by Crippen LogP contribution is 2.25. The van der Waals surface area contributed by atoms with E-state index in [9.17, 15) is 27.6 Å². The number of imide groups is 1. The molecule has 3 aromatic rings. The SMILES string of the molecule is Cc1cc(C(=O)CN2C(=O)N[C@@H](Cc3c[nH]c4ccccc34)C2=O)c(C)n1CC(F)(F)F. The van der Waals surface area contributed by atoms with E-state index in [0.29, 0.717) is 0 Å². The number of nitrogens with one attached hydrogen (secondary N) is 2. The van der Waals surface area contributed by atoms with Crippen LogP contribution in [0.25, 0.3) is 10.9 Å². The summed E-state index contributed by atoms with van der Waals surface area (Å²) in [5.74, 6) is -1.14. The highest BCUT2D eigenvalue weighted by molar-refractivity contribution is 6.09. The first kappa shape index (κ1) is 21.7. The van der Waals surface area contributed by atoms with Crippen LogP contribution >= 0.6 is 0 Å². The van der Waals surface area contributed by atoms with Crippen LogP contribution in [0.5, 0.6) is 0 Å². The molecule has 1 saturated heterocycles. The summed E-state index contributed by atoms with van der Waals surface area (Å²) in [4.78, 5) is 41.9. The van der Waals surface area contributed by atoms with Crippen LogP contribution in [-0.2, 0) is 17.8 Å². The number of fused-ring (bicyclic) bond motifs is 1. The first-order valence-corrected chi connectivity index (χ1v) is 9.98. The zero-order chi connectivity index (χ0) is 23.2. The van der Waals surface area contributed by atoms with Crippen LogP contribution in [0.2, 0.25) is 0 Å². The van der Waals surface area contributed by atoms with Gasteiger partial charge in [-0.3, -0.25) is 14.5 Å². The second-order valence-corrected chi connectivity index (χ2v) is 7.90. The lowest BCUT2D eigenvalue weighted by Gasteiger charge is -2.14. The Kier molecular flexibility index (Phi) is 5.31. The van der Waals surface area contributed by atoms with Gasteiger partial charge in [-0.25, -0.2) is 4.79 Å². The molecule has 1 aliphatic heterocycles. The predicted molar refractivity (Wildman–Crippen MR) is 110 cm³/mol. The monoisotopic (exact) mass is 446 g/mol. The molecular weight excluding hydrogens is 425 g/mol. The van der Waals surface area contributed by atoms with E-state index in [1.165, 1.54) is 19.9 Å². The number of hydrogen-bond acceptors (Lipinski definition) is 3. The van der Waals surface area contributed by atoms with Gasteiger partial charge >= 0.3 is 12.2 Å². The summed E-state index contributed by atoms with van der Waals surface area (Å²) in [5.41, 5.74) is 2.24. The number of benzene rings is 1. The van der Waals surface area contributed by atoms with E-state index in [0.717, 1.165) is 25.9 Å². The molecule has 1 atom stereocenters. The standard InChI is InChI=1S/C22H21F3N4O3/c1-12-7-16(13(2)29(12)11-22(23,24)25)19(30)10-28-20(31)18(27-21(28)32)8-14-9-26-17-6-4-3-5-15(14)17/h3-7,9,18,26H,8,10-11H2,1-2H3,(H,27,32)/t18-/m0/s1. The number of Topliss-reactive ketones (excluding diaryl/α,β-unsaturated/α-hetero) is 1. The average Bonchev–Trinajstić information content (AvgIpc) is 3.33. The van der Waals surface area contributed by atoms with Gasteiger partial charge < -0.3 is 14.9 Å². The number of alkyl halides is 3. The number of H-pyrrole nitrogens is 1. The number of nitrogens with zero attached hydrogens (tertiary/aromatic N) is 2. The maximum Gasteiger partial charge on any atom is 0.406 e. The van der Waals surface area contributed by atoms with Crippen molar-refractivity contribution in [3.8, 4) is 0 Å². The molecule has 0 bridgehead atoms. The molecule has 10 heteroatoms. The number of para-hydroxylation sites is 1. The van der Waals surface area contributed by atoms with Crippen molar-refractivity contribution in [3.63, 3.8) is 0 Å². The lowest BCUT2D eigenvalue weighted by molar-refractivity contribution is -0.141. The number of amides is 3. The van der Waals surface area contributed by atoms with Gasteiger partial charge in [-0.15, -0.1) is 0 Å². The third-order valence-corrected chi connectivity index (χ3v) is 5.72. The molecule has 0 radical (unpaired) electrons. The maximum atomic E-state index is 12.8. The van der Waals surface area contributed by atoms with Crippen LogP contribution in [0.3, 0.4) is 0 Å². The zero-order valence-electron chi connectivity index (χ0n) is 17.4. The molecule has 3 heterocycles. The van der Waals surface area contributed by atoms with Gasteiger partial charge in [0, 0.05) is 40.5 Å². The number of carbonyl (C=O) groups is 3. The minimum Gasteiger partial charge on any atom is -0.361 e. The van der Waals surface area contributed by atoms with Gasteiger partial charge in [-0.05, 0) is 31.5 Å². The van der Waals surface area contributed by atoms with Crippen molar-refractivity contribution in [1.29, 1.82) is 0 Å². The molecule has 3 amide bonds. The molecule has 2 N–H and O–H groups in total. The minimum atomic E-state index is -4.44. The van der Waals surface area contributed by atoms with Crippen molar-refractivity contribution < 1.29 is 27.6 Å². The maximum absolute atomic E-state index is 12.8. The lowest BCUT2D eigenvalue weighted by atomic mass is 10.0. The molecule has 1 aliphatic rings. The van der Waals surface area contributed by atoms with Crippen molar-refractivity contribution in [2.45, 2.75) is 39.0 Å². The fourth-order valence-corrected chi connectivity index (χ4v) is 4.12. The van der Waals surface area contributed by atoms with Crippen LogP contribution in [0.4, 0.5) is 18.0 Å². The van der Waals surface area contributed by atoms with E-state index in [1.54, 1.807) is 6.20 Å². The quantitative estimate of drug-likeness (QED) is 0.449. The topological polar surface area (TPSA) is 87.2 Å². The molecule has 0 saturated carbocycles. The summed E-state index contributed by atoms with van der Waals surface area (Å²) in [5, 5.41) is 3.52. The number of carbonyl (C=O) groups excluding carboxylic acids is 3. The number of aryl methyl sites for hydroxylation is 1. The number of urea groups is 1. The molecule has 32 heavy (non-hydrogen) atoms. The Morgan fingerprint density at radius 2 is 1.88 bits per heavy atom. The summed E-state index contributed by atoms with van der Waals surface area (Å²) in [6.07, 6.45) is -2.41. The largest absolute Gasteiger partial charge is 0.406 e. The number of halogens is 3. The number of aromatic amines is 1. The third-order valence-electron chi connectivity index (χ3n) is 5.72. The van der Waals surface area contributed by atoms with Gasteiger partial charge in [0.05, 0.1) is 6.54 Å². The van der Waals surface area contributed by atoms with E-state index in [-0.39, 0.29) is 23.4 Å². The molecule has 1 fully saturated rings. The first-order chi connectivity index (χ1) is 15.0. The van der Waals surface area contributed by atoms with Crippen LogP contribution in [0, 0.1) is 13.8 Å². The molecular formula is C22H21F3N4O3. The Morgan fingerprint density at radius 1 is 1.16 bits per heavy atom. The molecule has 7 nitrogen and oxygen atoms in total.